The summed E-state index contributed by atoms with van der Waals surface area (Å²) in [4.78, 5) is 25.5. The van der Waals surface area contributed by atoms with Crippen LogP contribution in [0.5, 0.6) is 0 Å². The molecule has 12 heteroatoms. The summed E-state index contributed by atoms with van der Waals surface area (Å²) in [5, 5.41) is 14.3. The van der Waals surface area contributed by atoms with Gasteiger partial charge in [-0.3, -0.25) is 4.68 Å². The molecule has 4 rings (SSSR count). The number of rotatable bonds is 5. The molecule has 0 bridgehead atoms. The number of aryl methyl sites for hydroxylation is 2. The van der Waals surface area contributed by atoms with Crippen molar-refractivity contribution < 1.29 is 9.53 Å². The van der Waals surface area contributed by atoms with E-state index in [-0.39, 0.29) is 6.10 Å². The molecule has 2 N–H and O–H groups in total. The van der Waals surface area contributed by atoms with Crippen LogP contribution in [0.15, 0.2) is 31.0 Å². The Balaban J connectivity index is 1.56. The molecular formula is C19H20ClN9O2. The van der Waals surface area contributed by atoms with E-state index in [2.05, 4.69) is 35.8 Å². The zero-order chi connectivity index (χ0) is 22.1. The number of nitrogens with zero attached hydrogens (tertiary/aromatic N) is 7. The number of amides is 2. The maximum absolute atomic E-state index is 12.6. The van der Waals surface area contributed by atoms with Crippen molar-refractivity contribution in [1.29, 1.82) is 0 Å². The van der Waals surface area contributed by atoms with Crippen LogP contribution in [0.3, 0.4) is 0 Å². The Morgan fingerprint density at radius 1 is 1.26 bits per heavy atom. The molecule has 0 saturated heterocycles. The Morgan fingerprint density at radius 2 is 2.06 bits per heavy atom. The maximum atomic E-state index is 12.6. The third kappa shape index (κ3) is 4.18. The number of ether oxygens (including phenoxy) is 1. The van der Waals surface area contributed by atoms with Crippen LogP contribution in [0.25, 0.3) is 17.2 Å². The summed E-state index contributed by atoms with van der Waals surface area (Å²) in [5.41, 5.74) is 3.46. The van der Waals surface area contributed by atoms with E-state index in [0.29, 0.717) is 39.1 Å². The molecule has 11 nitrogen and oxygen atoms in total. The highest BCUT2D eigenvalue weighted by atomic mass is 35.5. The number of nitrogens with one attached hydrogen (secondary N) is 2. The van der Waals surface area contributed by atoms with E-state index in [0.717, 1.165) is 5.69 Å². The number of fused-ring (bicyclic) bond motifs is 1. The molecule has 2 amide bonds. The van der Waals surface area contributed by atoms with Crippen LogP contribution in [0.2, 0.25) is 5.02 Å². The van der Waals surface area contributed by atoms with Crippen molar-refractivity contribution in [2.45, 2.75) is 20.0 Å². The van der Waals surface area contributed by atoms with E-state index >= 15 is 0 Å². The number of methoxy groups -OCH3 is 1. The normalized spacial score (nSPS) is 12.2. The lowest BCUT2D eigenvalue weighted by atomic mass is 10.1. The standard InChI is InChI=1S/C19H20ClN9O2/c1-10-8-29-18(24-10)15(11(2)31-4)14(7-23-29)26-19(30)25-12-5-13(20)16(21-6-12)17-22-9-28(3)27-17/h5-9,11H,1-4H3,(H2,25,26,30). The van der Waals surface area contributed by atoms with Gasteiger partial charge in [-0.2, -0.15) is 5.10 Å². The fraction of sp³-hybridized carbons (Fsp3) is 0.263. The van der Waals surface area contributed by atoms with Gasteiger partial charge in [0.2, 0.25) is 5.82 Å². The minimum Gasteiger partial charge on any atom is -0.377 e. The Labute approximate surface area is 182 Å². The second kappa shape index (κ2) is 8.28. The Kier molecular flexibility index (Phi) is 5.53. The molecule has 0 aliphatic carbocycles. The van der Waals surface area contributed by atoms with Gasteiger partial charge in [-0.25, -0.2) is 24.3 Å². The molecule has 0 radical (unpaired) electrons. The molecule has 4 aromatic heterocycles. The lowest BCUT2D eigenvalue weighted by molar-refractivity contribution is 0.120. The highest BCUT2D eigenvalue weighted by Gasteiger charge is 2.19. The van der Waals surface area contributed by atoms with Gasteiger partial charge < -0.3 is 15.4 Å². The molecule has 4 heterocycles. The predicted molar refractivity (Wildman–Crippen MR) is 115 cm³/mol. The number of hydrogen-bond acceptors (Lipinski definition) is 7. The maximum Gasteiger partial charge on any atom is 0.323 e. The van der Waals surface area contributed by atoms with Crippen LogP contribution in [-0.4, -0.2) is 47.5 Å². The van der Waals surface area contributed by atoms with E-state index in [4.69, 9.17) is 16.3 Å². The monoisotopic (exact) mass is 441 g/mol. The number of carbonyl (C=O) groups is 1. The molecule has 0 aliphatic heterocycles. The Hall–Kier alpha value is -3.57. The van der Waals surface area contributed by atoms with E-state index in [1.807, 2.05) is 13.8 Å². The fourth-order valence-corrected chi connectivity index (χ4v) is 3.34. The smallest absolute Gasteiger partial charge is 0.323 e. The van der Waals surface area contributed by atoms with Crippen LogP contribution in [-0.2, 0) is 11.8 Å². The van der Waals surface area contributed by atoms with Gasteiger partial charge in [0.05, 0.1) is 52.3 Å². The van der Waals surface area contributed by atoms with Crippen LogP contribution >= 0.6 is 11.6 Å². The van der Waals surface area contributed by atoms with E-state index < -0.39 is 6.03 Å². The van der Waals surface area contributed by atoms with Crippen molar-refractivity contribution in [3.8, 4) is 11.5 Å². The number of halogens is 1. The lowest BCUT2D eigenvalue weighted by Crippen LogP contribution is -2.21. The van der Waals surface area contributed by atoms with Gasteiger partial charge in [0.25, 0.3) is 0 Å². The van der Waals surface area contributed by atoms with Gasteiger partial charge in [0, 0.05) is 14.2 Å². The lowest BCUT2D eigenvalue weighted by Gasteiger charge is -2.16. The van der Waals surface area contributed by atoms with Gasteiger partial charge in [-0.1, -0.05) is 11.6 Å². The second-order valence-electron chi connectivity index (χ2n) is 6.88. The molecule has 160 valence electrons. The number of aromatic nitrogens is 7. The molecule has 0 saturated carbocycles. The van der Waals surface area contributed by atoms with Crippen LogP contribution in [0.4, 0.5) is 16.2 Å². The summed E-state index contributed by atoms with van der Waals surface area (Å²) >= 11 is 6.31. The summed E-state index contributed by atoms with van der Waals surface area (Å²) in [6.45, 7) is 3.74. The molecule has 0 aliphatic rings. The number of anilines is 2. The van der Waals surface area contributed by atoms with Gasteiger partial charge in [-0.15, -0.1) is 5.10 Å². The number of carbonyl (C=O) groups excluding carboxylic acids is 1. The molecule has 0 aromatic carbocycles. The number of imidazole rings is 1. The van der Waals surface area contributed by atoms with E-state index in [9.17, 15) is 4.79 Å². The molecule has 0 fully saturated rings. The fourth-order valence-electron chi connectivity index (χ4n) is 3.09. The van der Waals surface area contributed by atoms with Crippen molar-refractivity contribution in [3.63, 3.8) is 0 Å². The average Bonchev–Trinajstić information content (AvgIpc) is 3.32. The van der Waals surface area contributed by atoms with Gasteiger partial charge >= 0.3 is 6.03 Å². The van der Waals surface area contributed by atoms with Crippen molar-refractivity contribution in [2.24, 2.45) is 7.05 Å². The van der Waals surface area contributed by atoms with Crippen LogP contribution in [0, 0.1) is 6.92 Å². The minimum atomic E-state index is -0.486. The third-order valence-corrected chi connectivity index (χ3v) is 4.86. The van der Waals surface area contributed by atoms with Crippen molar-refractivity contribution >= 4 is 34.7 Å². The molecule has 4 aromatic rings. The molecule has 1 atom stereocenters. The first-order chi connectivity index (χ1) is 14.9. The number of pyridine rings is 1. The first-order valence-corrected chi connectivity index (χ1v) is 9.70. The van der Waals surface area contributed by atoms with Crippen molar-refractivity contribution in [2.75, 3.05) is 17.7 Å². The van der Waals surface area contributed by atoms with Crippen LogP contribution in [0.1, 0.15) is 24.3 Å². The van der Waals surface area contributed by atoms with Crippen molar-refractivity contribution in [1.82, 2.24) is 34.3 Å². The van der Waals surface area contributed by atoms with Crippen LogP contribution < -0.4 is 10.6 Å². The minimum absolute atomic E-state index is 0.314. The first kappa shape index (κ1) is 20.7. The van der Waals surface area contributed by atoms with Gasteiger partial charge in [0.15, 0.2) is 5.65 Å². The summed E-state index contributed by atoms with van der Waals surface area (Å²) in [6.07, 6.45) is 6.08. The molecule has 31 heavy (non-hydrogen) atoms. The summed E-state index contributed by atoms with van der Waals surface area (Å²) in [6, 6.07) is 1.10. The van der Waals surface area contributed by atoms with Gasteiger partial charge in [-0.05, 0) is 19.9 Å². The Bertz CT molecular complexity index is 1270. The topological polar surface area (TPSA) is 124 Å². The molecule has 0 spiro atoms. The zero-order valence-electron chi connectivity index (χ0n) is 17.3. The summed E-state index contributed by atoms with van der Waals surface area (Å²) < 4.78 is 8.68. The SMILES string of the molecule is COC(C)c1c(NC(=O)Nc2cnc(-c3ncn(C)n3)c(Cl)c2)cnn2cc(C)nc12. The van der Waals surface area contributed by atoms with E-state index in [1.54, 1.807) is 48.1 Å². The molecule has 1 unspecified atom stereocenters. The molecular weight excluding hydrogens is 422 g/mol. The summed E-state index contributed by atoms with van der Waals surface area (Å²) in [5.74, 6) is 0.399. The quantitative estimate of drug-likeness (QED) is 0.487. The summed E-state index contributed by atoms with van der Waals surface area (Å²) in [7, 11) is 3.34. The Morgan fingerprint density at radius 3 is 2.74 bits per heavy atom. The zero-order valence-corrected chi connectivity index (χ0v) is 18.0. The highest BCUT2D eigenvalue weighted by molar-refractivity contribution is 6.33. The number of hydrogen-bond donors (Lipinski definition) is 2. The highest BCUT2D eigenvalue weighted by Crippen LogP contribution is 2.29. The predicted octanol–water partition coefficient (Wildman–Crippen LogP) is 3.23. The van der Waals surface area contributed by atoms with Gasteiger partial charge in [0.1, 0.15) is 12.0 Å². The first-order valence-electron chi connectivity index (χ1n) is 9.33. The van der Waals surface area contributed by atoms with E-state index in [1.165, 1.54) is 6.20 Å². The number of urea groups is 1. The third-order valence-electron chi connectivity index (χ3n) is 4.57. The largest absolute Gasteiger partial charge is 0.377 e. The van der Waals surface area contributed by atoms with Crippen molar-refractivity contribution in [3.05, 3.63) is 47.3 Å². The average molecular weight is 442 g/mol. The second-order valence-corrected chi connectivity index (χ2v) is 7.28.